The molecule has 0 bridgehead atoms. The first-order valence-corrected chi connectivity index (χ1v) is 18.2. The molecule has 0 spiro atoms. The third kappa shape index (κ3) is 10.8. The van der Waals surface area contributed by atoms with Gasteiger partial charge in [-0.2, -0.15) is 0 Å². The number of amides is 3. The molecule has 0 unspecified atom stereocenters. The summed E-state index contributed by atoms with van der Waals surface area (Å²) in [6.07, 6.45) is 13.7. The van der Waals surface area contributed by atoms with Crippen LogP contribution in [0.2, 0.25) is 0 Å². The molecule has 1 aromatic heterocycles. The van der Waals surface area contributed by atoms with Crippen molar-refractivity contribution in [2.75, 3.05) is 11.9 Å². The molecule has 2 saturated carbocycles. The van der Waals surface area contributed by atoms with Crippen LogP contribution in [0.25, 0.3) is 10.9 Å². The SMILES string of the molecule is CC(=O)N[C@H](CCCN=C(N)N)C(=O)N[C@H](CC1CCCCC1)C(=O)Nc1ccc2c(c1)c(CNC1CCCC1)cn2Cc1ccc(F)cc1. The van der Waals surface area contributed by atoms with Gasteiger partial charge in [-0.3, -0.25) is 19.4 Å². The van der Waals surface area contributed by atoms with E-state index >= 15 is 0 Å². The molecule has 1 heterocycles. The lowest BCUT2D eigenvalue weighted by Crippen LogP contribution is -2.53. The van der Waals surface area contributed by atoms with Crippen molar-refractivity contribution in [3.05, 3.63) is 65.6 Å². The van der Waals surface area contributed by atoms with Crippen LogP contribution in [0.3, 0.4) is 0 Å². The van der Waals surface area contributed by atoms with E-state index < -0.39 is 18.0 Å². The van der Waals surface area contributed by atoms with Crippen molar-refractivity contribution in [1.82, 2.24) is 20.5 Å². The van der Waals surface area contributed by atoms with Crippen LogP contribution in [0.4, 0.5) is 10.1 Å². The molecular weight excluding hydrogens is 635 g/mol. The maximum absolute atomic E-state index is 14.0. The molecule has 2 aliphatic carbocycles. The molecular formula is C38H53FN8O3. The van der Waals surface area contributed by atoms with E-state index in [4.69, 9.17) is 11.5 Å². The van der Waals surface area contributed by atoms with Crippen molar-refractivity contribution in [2.24, 2.45) is 22.4 Å². The van der Waals surface area contributed by atoms with E-state index in [0.717, 1.165) is 47.7 Å². The maximum Gasteiger partial charge on any atom is 0.246 e. The van der Waals surface area contributed by atoms with Gasteiger partial charge in [-0.15, -0.1) is 0 Å². The Morgan fingerprint density at radius 2 is 1.64 bits per heavy atom. The number of rotatable bonds is 16. The zero-order valence-electron chi connectivity index (χ0n) is 29.2. The highest BCUT2D eigenvalue weighted by molar-refractivity contribution is 6.00. The Labute approximate surface area is 294 Å². The zero-order chi connectivity index (χ0) is 35.5. The number of nitrogens with zero attached hydrogens (tertiary/aromatic N) is 2. The van der Waals surface area contributed by atoms with Crippen LogP contribution in [0.15, 0.2) is 53.7 Å². The van der Waals surface area contributed by atoms with E-state index in [1.807, 2.05) is 18.2 Å². The molecule has 270 valence electrons. The van der Waals surface area contributed by atoms with Crippen LogP contribution in [0, 0.1) is 11.7 Å². The number of nitrogens with one attached hydrogen (secondary N) is 4. The number of hydrogen-bond acceptors (Lipinski definition) is 5. The molecule has 3 aromatic rings. The van der Waals surface area contributed by atoms with E-state index in [9.17, 15) is 18.8 Å². The summed E-state index contributed by atoms with van der Waals surface area (Å²) in [5.41, 5.74) is 14.6. The standard InChI is InChI=1S/C38H53FN8O3/c1-25(48)44-33(12-7-19-42-38(40)41)36(49)46-34(20-26-8-3-2-4-9-26)37(50)45-31-17-18-35-32(21-31)28(22-43-30-10-5-6-11-30)24-47(35)23-27-13-15-29(39)16-14-27/h13-18,21,24,26,30,33-34,43H,2-12,19-20,22-23H2,1H3,(H,44,48)(H,45,50)(H,46,49)(H4,40,41,42)/t33-,34-/m1/s1. The van der Waals surface area contributed by atoms with Crippen LogP contribution < -0.4 is 32.7 Å². The Morgan fingerprint density at radius 3 is 2.34 bits per heavy atom. The fraction of sp³-hybridized carbons (Fsp3) is 0.526. The number of benzene rings is 2. The average Bonchev–Trinajstić information content (AvgIpc) is 3.74. The smallest absolute Gasteiger partial charge is 0.246 e. The first kappa shape index (κ1) is 36.8. The van der Waals surface area contributed by atoms with Crippen molar-refractivity contribution in [3.8, 4) is 0 Å². The average molecular weight is 689 g/mol. The van der Waals surface area contributed by atoms with Crippen molar-refractivity contribution in [3.63, 3.8) is 0 Å². The van der Waals surface area contributed by atoms with E-state index in [-0.39, 0.29) is 23.6 Å². The number of carbonyl (C=O) groups is 3. The van der Waals surface area contributed by atoms with Gasteiger partial charge >= 0.3 is 0 Å². The number of aromatic nitrogens is 1. The van der Waals surface area contributed by atoms with Gasteiger partial charge in [-0.05, 0) is 79.5 Å². The van der Waals surface area contributed by atoms with Gasteiger partial charge in [-0.25, -0.2) is 4.39 Å². The number of carbonyl (C=O) groups excluding carboxylic acids is 3. The molecule has 5 rings (SSSR count). The quantitative estimate of drug-likeness (QED) is 0.0717. The third-order valence-corrected chi connectivity index (χ3v) is 10.00. The molecule has 2 aromatic carbocycles. The Hall–Kier alpha value is -4.45. The monoisotopic (exact) mass is 688 g/mol. The zero-order valence-corrected chi connectivity index (χ0v) is 29.2. The normalized spacial score (nSPS) is 16.5. The van der Waals surface area contributed by atoms with Crippen molar-refractivity contribution < 1.29 is 18.8 Å². The molecule has 0 aliphatic heterocycles. The van der Waals surface area contributed by atoms with Gasteiger partial charge in [0.05, 0.1) is 0 Å². The minimum Gasteiger partial charge on any atom is -0.370 e. The van der Waals surface area contributed by atoms with Crippen molar-refractivity contribution in [2.45, 2.75) is 115 Å². The summed E-state index contributed by atoms with van der Waals surface area (Å²) in [7, 11) is 0. The highest BCUT2D eigenvalue weighted by atomic mass is 19.1. The number of aliphatic imine (C=N–C) groups is 1. The molecule has 0 saturated heterocycles. The summed E-state index contributed by atoms with van der Waals surface area (Å²) < 4.78 is 15.8. The highest BCUT2D eigenvalue weighted by Gasteiger charge is 2.29. The topological polar surface area (TPSA) is 169 Å². The molecule has 11 nitrogen and oxygen atoms in total. The summed E-state index contributed by atoms with van der Waals surface area (Å²) in [6, 6.07) is 11.3. The van der Waals surface area contributed by atoms with Gasteiger partial charge in [0.25, 0.3) is 0 Å². The second-order valence-electron chi connectivity index (χ2n) is 14.0. The van der Waals surface area contributed by atoms with E-state index in [1.54, 1.807) is 12.1 Å². The third-order valence-electron chi connectivity index (χ3n) is 10.00. The minimum absolute atomic E-state index is 0.0328. The molecule has 2 fully saturated rings. The van der Waals surface area contributed by atoms with Crippen LogP contribution in [0.5, 0.6) is 0 Å². The van der Waals surface area contributed by atoms with Crippen molar-refractivity contribution in [1.29, 1.82) is 0 Å². The fourth-order valence-electron chi connectivity index (χ4n) is 7.40. The first-order valence-electron chi connectivity index (χ1n) is 18.2. The predicted molar refractivity (Wildman–Crippen MR) is 196 cm³/mol. The van der Waals surface area contributed by atoms with E-state index in [1.165, 1.54) is 51.2 Å². The van der Waals surface area contributed by atoms with Gasteiger partial charge in [0, 0.05) is 55.4 Å². The largest absolute Gasteiger partial charge is 0.370 e. The lowest BCUT2D eigenvalue weighted by atomic mass is 9.84. The van der Waals surface area contributed by atoms with Crippen LogP contribution in [0.1, 0.15) is 95.1 Å². The first-order chi connectivity index (χ1) is 24.1. The summed E-state index contributed by atoms with van der Waals surface area (Å²) in [5.74, 6) is -1.01. The van der Waals surface area contributed by atoms with Crippen LogP contribution in [-0.4, -0.2) is 52.9 Å². The molecule has 0 radical (unpaired) electrons. The molecule has 50 heavy (non-hydrogen) atoms. The number of fused-ring (bicyclic) bond motifs is 1. The second-order valence-corrected chi connectivity index (χ2v) is 14.0. The van der Waals surface area contributed by atoms with Gasteiger partial charge in [0.1, 0.15) is 17.9 Å². The summed E-state index contributed by atoms with van der Waals surface area (Å²) in [5, 5.41) is 13.6. The number of anilines is 1. The van der Waals surface area contributed by atoms with Crippen molar-refractivity contribution >= 4 is 40.3 Å². The van der Waals surface area contributed by atoms with Gasteiger partial charge in [-0.1, -0.05) is 57.1 Å². The number of halogens is 1. The Morgan fingerprint density at radius 1 is 0.920 bits per heavy atom. The second kappa shape index (κ2) is 18.0. The molecule has 3 amide bonds. The van der Waals surface area contributed by atoms with Crippen LogP contribution >= 0.6 is 0 Å². The van der Waals surface area contributed by atoms with Gasteiger partial charge in [0.2, 0.25) is 17.7 Å². The number of guanidine groups is 1. The maximum atomic E-state index is 14.0. The lowest BCUT2D eigenvalue weighted by molar-refractivity contribution is -0.130. The predicted octanol–water partition coefficient (Wildman–Crippen LogP) is 4.81. The van der Waals surface area contributed by atoms with E-state index in [0.29, 0.717) is 56.5 Å². The molecule has 12 heteroatoms. The highest BCUT2D eigenvalue weighted by Crippen LogP contribution is 2.30. The molecule has 2 atom stereocenters. The minimum atomic E-state index is -0.824. The summed E-state index contributed by atoms with van der Waals surface area (Å²) in [6.45, 7) is 2.97. The Bertz CT molecular complexity index is 1620. The van der Waals surface area contributed by atoms with Gasteiger partial charge < -0.3 is 37.3 Å². The Kier molecular flexibility index (Phi) is 13.2. The fourth-order valence-corrected chi connectivity index (χ4v) is 7.40. The summed E-state index contributed by atoms with van der Waals surface area (Å²) >= 11 is 0. The number of nitrogens with two attached hydrogens (primary N) is 2. The van der Waals surface area contributed by atoms with Gasteiger partial charge in [0.15, 0.2) is 5.96 Å². The summed E-state index contributed by atoms with van der Waals surface area (Å²) in [4.78, 5) is 43.5. The number of hydrogen-bond donors (Lipinski definition) is 6. The Balaban J connectivity index is 1.35. The van der Waals surface area contributed by atoms with E-state index in [2.05, 4.69) is 37.0 Å². The molecule has 8 N–H and O–H groups in total. The molecule has 2 aliphatic rings. The van der Waals surface area contributed by atoms with Crippen LogP contribution in [-0.2, 0) is 27.5 Å². The lowest BCUT2D eigenvalue weighted by Gasteiger charge is -2.28.